The summed E-state index contributed by atoms with van der Waals surface area (Å²) in [5.41, 5.74) is 6.08. The maximum Gasteiger partial charge on any atom is 0.246 e. The number of hydrogen-bond acceptors (Lipinski definition) is 3. The molecule has 0 fully saturated rings. The molecule has 16 heavy (non-hydrogen) atoms. The Hall–Kier alpha value is -1.44. The molecule has 0 heterocycles. The van der Waals surface area contributed by atoms with Gasteiger partial charge >= 0.3 is 0 Å². The summed E-state index contributed by atoms with van der Waals surface area (Å²) in [4.78, 5) is 11.1. The smallest absolute Gasteiger partial charge is 0.246 e. The van der Waals surface area contributed by atoms with Crippen LogP contribution in [-0.2, 0) is 4.79 Å². The molecule has 0 aliphatic carbocycles. The summed E-state index contributed by atoms with van der Waals surface area (Å²) in [7, 11) is 0. The zero-order chi connectivity index (χ0) is 12.1. The van der Waals surface area contributed by atoms with Gasteiger partial charge in [0, 0.05) is 16.1 Å². The summed E-state index contributed by atoms with van der Waals surface area (Å²) in [5.74, 6) is -0.788. The van der Waals surface area contributed by atoms with Crippen LogP contribution in [0.1, 0.15) is 12.5 Å². The second kappa shape index (κ2) is 5.59. The van der Waals surface area contributed by atoms with E-state index in [1.54, 1.807) is 0 Å². The molecule has 0 spiro atoms. The first-order valence-electron chi connectivity index (χ1n) is 4.45. The Kier molecular flexibility index (Phi) is 4.41. The van der Waals surface area contributed by atoms with Crippen molar-refractivity contribution in [1.29, 1.82) is 5.41 Å². The van der Waals surface area contributed by atoms with Gasteiger partial charge in [0.2, 0.25) is 11.9 Å². The summed E-state index contributed by atoms with van der Waals surface area (Å²) in [6.45, 7) is 1.30. The molecule has 6 heteroatoms. The average molecular weight is 330 g/mol. The van der Waals surface area contributed by atoms with Gasteiger partial charge in [0.05, 0.1) is 6.21 Å². The van der Waals surface area contributed by atoms with Crippen molar-refractivity contribution in [3.63, 3.8) is 0 Å². The number of nitrogens with one attached hydrogen (secondary N) is 1. The predicted molar refractivity (Wildman–Crippen MR) is 71.2 cm³/mol. The van der Waals surface area contributed by atoms with E-state index >= 15 is 0 Å². The number of nitrogens with two attached hydrogens (primary N) is 1. The fraction of sp³-hybridized carbons (Fsp3) is 0.100. The molecule has 0 aliphatic rings. The fourth-order valence-electron chi connectivity index (χ4n) is 1.01. The summed E-state index contributed by atoms with van der Waals surface area (Å²) in [6.07, 6.45) is 1.50. The van der Waals surface area contributed by atoms with Crippen molar-refractivity contribution in [3.8, 4) is 0 Å². The van der Waals surface area contributed by atoms with Crippen LogP contribution in [0.25, 0.3) is 0 Å². The van der Waals surface area contributed by atoms with E-state index in [9.17, 15) is 4.79 Å². The third-order valence-corrected chi connectivity index (χ3v) is 2.73. The normalized spacial score (nSPS) is 10.4. The maximum absolute atomic E-state index is 11.1. The molecule has 1 aromatic rings. The van der Waals surface area contributed by atoms with Crippen molar-refractivity contribution in [1.82, 2.24) is 5.01 Å². The van der Waals surface area contributed by atoms with E-state index in [2.05, 4.69) is 27.7 Å². The van der Waals surface area contributed by atoms with Gasteiger partial charge in [-0.1, -0.05) is 18.2 Å². The van der Waals surface area contributed by atoms with Crippen LogP contribution in [0.4, 0.5) is 0 Å². The van der Waals surface area contributed by atoms with Crippen LogP contribution in [0, 0.1) is 8.98 Å². The predicted octanol–water partition coefficient (Wildman–Crippen LogP) is 1.37. The van der Waals surface area contributed by atoms with Crippen LogP contribution in [0.5, 0.6) is 0 Å². The number of halogens is 1. The topological polar surface area (TPSA) is 82.5 Å². The molecule has 1 amide bonds. The van der Waals surface area contributed by atoms with E-state index in [0.717, 1.165) is 14.1 Å². The number of amides is 1. The molecule has 1 aromatic carbocycles. The van der Waals surface area contributed by atoms with Gasteiger partial charge in [0.15, 0.2) is 0 Å². The number of rotatable bonds is 2. The van der Waals surface area contributed by atoms with E-state index in [-0.39, 0.29) is 0 Å². The quantitative estimate of drug-likeness (QED) is 0.372. The molecule has 0 aromatic heterocycles. The van der Waals surface area contributed by atoms with E-state index < -0.39 is 11.9 Å². The largest absolute Gasteiger partial charge is 0.368 e. The van der Waals surface area contributed by atoms with Crippen molar-refractivity contribution in [3.05, 3.63) is 33.4 Å². The molecule has 84 valence electrons. The first kappa shape index (κ1) is 12.6. The highest BCUT2D eigenvalue weighted by atomic mass is 127. The van der Waals surface area contributed by atoms with Crippen LogP contribution in [-0.4, -0.2) is 23.1 Å². The Morgan fingerprint density at radius 2 is 2.19 bits per heavy atom. The van der Waals surface area contributed by atoms with Crippen LogP contribution in [0.3, 0.4) is 0 Å². The zero-order valence-corrected chi connectivity index (χ0v) is 10.8. The molecular formula is C10H11IN4O. The van der Waals surface area contributed by atoms with Gasteiger partial charge in [-0.25, -0.2) is 0 Å². The lowest BCUT2D eigenvalue weighted by Gasteiger charge is -2.11. The minimum atomic E-state index is -0.394. The fourth-order valence-corrected chi connectivity index (χ4v) is 1.54. The van der Waals surface area contributed by atoms with Crippen molar-refractivity contribution in [2.24, 2.45) is 10.8 Å². The van der Waals surface area contributed by atoms with E-state index in [1.807, 2.05) is 24.3 Å². The number of hydrogen-bond donors (Lipinski definition) is 2. The molecule has 0 unspecified atom stereocenters. The van der Waals surface area contributed by atoms with Crippen LogP contribution >= 0.6 is 22.6 Å². The third-order valence-electron chi connectivity index (χ3n) is 1.74. The minimum Gasteiger partial charge on any atom is -0.368 e. The van der Waals surface area contributed by atoms with E-state index in [4.69, 9.17) is 11.1 Å². The van der Waals surface area contributed by atoms with Gasteiger partial charge in [-0.3, -0.25) is 10.2 Å². The molecule has 0 saturated heterocycles. The van der Waals surface area contributed by atoms with Crippen molar-refractivity contribution >= 4 is 40.7 Å². The van der Waals surface area contributed by atoms with Crippen LogP contribution < -0.4 is 5.73 Å². The Labute approximate surface area is 107 Å². The molecule has 3 N–H and O–H groups in total. The molecule has 0 saturated carbocycles. The molecule has 0 bridgehead atoms. The monoisotopic (exact) mass is 330 g/mol. The number of benzene rings is 1. The maximum atomic E-state index is 11.1. The molecule has 5 nitrogen and oxygen atoms in total. The van der Waals surface area contributed by atoms with E-state index in [0.29, 0.717) is 0 Å². The average Bonchev–Trinajstić information content (AvgIpc) is 2.20. The minimum absolute atomic E-state index is 0.394. The second-order valence-corrected chi connectivity index (χ2v) is 4.14. The van der Waals surface area contributed by atoms with Gasteiger partial charge in [-0.05, 0) is 28.7 Å². The lowest BCUT2D eigenvalue weighted by Crippen LogP contribution is -2.35. The molecule has 1 rings (SSSR count). The van der Waals surface area contributed by atoms with Gasteiger partial charge in [0.1, 0.15) is 0 Å². The van der Waals surface area contributed by atoms with Crippen molar-refractivity contribution in [2.75, 3.05) is 0 Å². The molecule has 0 atom stereocenters. The number of carbonyl (C=O) groups is 1. The summed E-state index contributed by atoms with van der Waals surface area (Å²) in [5, 5.41) is 11.9. The number of carbonyl (C=O) groups excluding carboxylic acids is 1. The number of nitrogens with zero attached hydrogens (tertiary/aromatic N) is 2. The first-order valence-corrected chi connectivity index (χ1v) is 5.53. The first-order chi connectivity index (χ1) is 7.52. The third kappa shape index (κ3) is 3.30. The highest BCUT2D eigenvalue weighted by Crippen LogP contribution is 2.09. The summed E-state index contributed by atoms with van der Waals surface area (Å²) in [6, 6.07) is 7.57. The van der Waals surface area contributed by atoms with Crippen molar-refractivity contribution in [2.45, 2.75) is 6.92 Å². The standard InChI is InChI=1S/C10H11IN4O/c1-7(16)15(10(12)13)14-6-8-4-2-3-5-9(8)11/h2-6H,1H3,(H3,12,13)/b14-6+. The molecular weight excluding hydrogens is 319 g/mol. The summed E-state index contributed by atoms with van der Waals surface area (Å²) < 4.78 is 1.01. The summed E-state index contributed by atoms with van der Waals surface area (Å²) >= 11 is 2.16. The van der Waals surface area contributed by atoms with Crippen LogP contribution in [0.15, 0.2) is 29.4 Å². The lowest BCUT2D eigenvalue weighted by molar-refractivity contribution is -0.125. The van der Waals surface area contributed by atoms with Gasteiger partial charge in [-0.2, -0.15) is 10.1 Å². The van der Waals surface area contributed by atoms with Gasteiger partial charge in [0.25, 0.3) is 0 Å². The SMILES string of the molecule is CC(=O)N(/N=C/c1ccccc1I)C(=N)N. The highest BCUT2D eigenvalue weighted by Gasteiger charge is 2.09. The highest BCUT2D eigenvalue weighted by molar-refractivity contribution is 14.1. The van der Waals surface area contributed by atoms with Crippen LogP contribution in [0.2, 0.25) is 0 Å². The zero-order valence-electron chi connectivity index (χ0n) is 8.64. The van der Waals surface area contributed by atoms with Gasteiger partial charge < -0.3 is 5.73 Å². The molecule has 0 aliphatic heterocycles. The van der Waals surface area contributed by atoms with Gasteiger partial charge in [-0.15, -0.1) is 0 Å². The Morgan fingerprint density at radius 1 is 1.56 bits per heavy atom. The Balaban J connectivity index is 2.91. The second-order valence-electron chi connectivity index (χ2n) is 2.98. The Morgan fingerprint density at radius 3 is 2.69 bits per heavy atom. The number of guanidine groups is 1. The number of hydrazone groups is 1. The van der Waals surface area contributed by atoms with E-state index in [1.165, 1.54) is 13.1 Å². The Bertz CT molecular complexity index is 430. The lowest BCUT2D eigenvalue weighted by atomic mass is 10.2. The van der Waals surface area contributed by atoms with Crippen molar-refractivity contribution < 1.29 is 4.79 Å². The molecule has 0 radical (unpaired) electrons.